The number of methoxy groups -OCH3 is 1. The first-order valence-corrected chi connectivity index (χ1v) is 9.27. The van der Waals surface area contributed by atoms with Crippen molar-refractivity contribution in [3.63, 3.8) is 0 Å². The Balaban J connectivity index is 1.67. The molecule has 1 N–H and O–H groups in total. The Hall–Kier alpha value is -2.99. The van der Waals surface area contributed by atoms with E-state index in [0.717, 1.165) is 12.0 Å². The van der Waals surface area contributed by atoms with Crippen LogP contribution < -0.4 is 5.32 Å². The van der Waals surface area contributed by atoms with E-state index in [-0.39, 0.29) is 18.1 Å². The van der Waals surface area contributed by atoms with Crippen molar-refractivity contribution >= 4 is 17.7 Å². The molecule has 1 fully saturated rings. The fourth-order valence-corrected chi connectivity index (χ4v) is 3.17. The van der Waals surface area contributed by atoms with Crippen LogP contribution in [-0.4, -0.2) is 43.5 Å². The van der Waals surface area contributed by atoms with Crippen LogP contribution in [0.15, 0.2) is 54.6 Å². The minimum atomic E-state index is -0.808. The summed E-state index contributed by atoms with van der Waals surface area (Å²) in [7, 11) is 1.29. The molecule has 0 aromatic heterocycles. The van der Waals surface area contributed by atoms with Gasteiger partial charge in [-0.15, -0.1) is 0 Å². The summed E-state index contributed by atoms with van der Waals surface area (Å²) in [5.41, 5.74) is 1.99. The van der Waals surface area contributed by atoms with Gasteiger partial charge in [0.25, 0.3) is 0 Å². The fraction of sp³-hybridized carbons (Fsp3) is 0.318. The zero-order valence-electron chi connectivity index (χ0n) is 15.7. The van der Waals surface area contributed by atoms with Gasteiger partial charge in [0.2, 0.25) is 5.91 Å². The van der Waals surface area contributed by atoms with Crippen LogP contribution in [0.4, 0.5) is 0 Å². The number of nitrogens with one attached hydrogen (secondary N) is 1. The molecular weight excluding hydrogens is 358 g/mol. The van der Waals surface area contributed by atoms with Gasteiger partial charge in [-0.2, -0.15) is 0 Å². The summed E-state index contributed by atoms with van der Waals surface area (Å²) in [6.45, 7) is 0.553. The first kappa shape index (κ1) is 19.8. The Bertz CT molecular complexity index is 826. The second-order valence-corrected chi connectivity index (χ2v) is 6.68. The number of amides is 1. The standard InChI is InChI=1S/C22H23NO5/c1-27-22(26)18(23-21(25)19-8-5-13-28-19)14-15-9-11-17(12-10-15)20(24)16-6-3-2-4-7-16/h2-4,6-7,9-12,18-19H,5,8,13-14H2,1H3,(H,23,25)/t18-,19-/m1/s1. The highest BCUT2D eigenvalue weighted by molar-refractivity contribution is 6.08. The van der Waals surface area contributed by atoms with Crippen molar-refractivity contribution in [1.29, 1.82) is 0 Å². The van der Waals surface area contributed by atoms with E-state index in [1.54, 1.807) is 36.4 Å². The smallest absolute Gasteiger partial charge is 0.328 e. The molecular formula is C22H23NO5. The third-order valence-electron chi connectivity index (χ3n) is 4.72. The topological polar surface area (TPSA) is 81.7 Å². The molecule has 1 amide bonds. The maximum atomic E-state index is 12.5. The highest BCUT2D eigenvalue weighted by atomic mass is 16.5. The van der Waals surface area contributed by atoms with E-state index in [4.69, 9.17) is 9.47 Å². The van der Waals surface area contributed by atoms with Gasteiger partial charge in [0.1, 0.15) is 12.1 Å². The van der Waals surface area contributed by atoms with Crippen LogP contribution in [-0.2, 0) is 25.5 Å². The molecule has 0 bridgehead atoms. The van der Waals surface area contributed by atoms with E-state index in [9.17, 15) is 14.4 Å². The van der Waals surface area contributed by atoms with E-state index < -0.39 is 18.1 Å². The van der Waals surface area contributed by atoms with Crippen molar-refractivity contribution in [2.75, 3.05) is 13.7 Å². The van der Waals surface area contributed by atoms with Gasteiger partial charge < -0.3 is 14.8 Å². The third-order valence-corrected chi connectivity index (χ3v) is 4.72. The molecule has 3 rings (SSSR count). The molecule has 0 aliphatic carbocycles. The number of benzene rings is 2. The maximum absolute atomic E-state index is 12.5. The largest absolute Gasteiger partial charge is 0.467 e. The summed E-state index contributed by atoms with van der Waals surface area (Å²) in [6, 6.07) is 15.2. The molecule has 1 aliphatic heterocycles. The predicted octanol–water partition coefficient (Wildman–Crippen LogP) is 2.30. The van der Waals surface area contributed by atoms with Crippen molar-refractivity contribution in [3.05, 3.63) is 71.3 Å². The Labute approximate surface area is 163 Å². The van der Waals surface area contributed by atoms with Crippen molar-refractivity contribution < 1.29 is 23.9 Å². The van der Waals surface area contributed by atoms with Crippen molar-refractivity contribution in [3.8, 4) is 0 Å². The van der Waals surface area contributed by atoms with Crippen LogP contribution in [0.25, 0.3) is 0 Å². The molecule has 0 radical (unpaired) electrons. The second kappa shape index (κ2) is 9.28. The molecule has 1 aliphatic rings. The first-order valence-electron chi connectivity index (χ1n) is 9.27. The monoisotopic (exact) mass is 381 g/mol. The van der Waals surface area contributed by atoms with Crippen molar-refractivity contribution in [1.82, 2.24) is 5.32 Å². The van der Waals surface area contributed by atoms with Gasteiger partial charge in [-0.1, -0.05) is 54.6 Å². The summed E-state index contributed by atoms with van der Waals surface area (Å²) >= 11 is 0. The molecule has 2 aromatic rings. The van der Waals surface area contributed by atoms with E-state index in [0.29, 0.717) is 24.2 Å². The number of ketones is 1. The van der Waals surface area contributed by atoms with Crippen LogP contribution in [0, 0.1) is 0 Å². The average Bonchev–Trinajstić information content (AvgIpc) is 3.28. The molecule has 28 heavy (non-hydrogen) atoms. The highest BCUT2D eigenvalue weighted by Crippen LogP contribution is 2.15. The Kier molecular flexibility index (Phi) is 6.55. The zero-order chi connectivity index (χ0) is 19.9. The summed E-state index contributed by atoms with van der Waals surface area (Å²) in [6.07, 6.45) is 1.23. The van der Waals surface area contributed by atoms with Crippen molar-refractivity contribution in [2.45, 2.75) is 31.4 Å². The quantitative estimate of drug-likeness (QED) is 0.588. The van der Waals surface area contributed by atoms with E-state index >= 15 is 0 Å². The molecule has 0 spiro atoms. The van der Waals surface area contributed by atoms with Crippen LogP contribution in [0.1, 0.15) is 34.3 Å². The lowest BCUT2D eigenvalue weighted by atomic mass is 9.99. The van der Waals surface area contributed by atoms with Gasteiger partial charge in [0.15, 0.2) is 5.78 Å². The minimum absolute atomic E-state index is 0.0663. The second-order valence-electron chi connectivity index (χ2n) is 6.68. The number of esters is 1. The predicted molar refractivity (Wildman–Crippen MR) is 103 cm³/mol. The SMILES string of the molecule is COC(=O)[C@@H](Cc1ccc(C(=O)c2ccccc2)cc1)NC(=O)[C@H]1CCCO1. The minimum Gasteiger partial charge on any atom is -0.467 e. The fourth-order valence-electron chi connectivity index (χ4n) is 3.17. The molecule has 0 unspecified atom stereocenters. The van der Waals surface area contributed by atoms with Crippen LogP contribution >= 0.6 is 0 Å². The third kappa shape index (κ3) is 4.84. The van der Waals surface area contributed by atoms with Gasteiger partial charge in [-0.25, -0.2) is 4.79 Å². The summed E-state index contributed by atoms with van der Waals surface area (Å²) in [5.74, 6) is -0.886. The van der Waals surface area contributed by atoms with Gasteiger partial charge in [-0.05, 0) is 18.4 Å². The average molecular weight is 381 g/mol. The van der Waals surface area contributed by atoms with Crippen molar-refractivity contribution in [2.24, 2.45) is 0 Å². The first-order chi connectivity index (χ1) is 13.6. The molecule has 1 heterocycles. The van der Waals surface area contributed by atoms with Gasteiger partial charge >= 0.3 is 5.97 Å². The highest BCUT2D eigenvalue weighted by Gasteiger charge is 2.29. The number of rotatable bonds is 7. The Morgan fingerprint density at radius 2 is 1.75 bits per heavy atom. The zero-order valence-corrected chi connectivity index (χ0v) is 15.7. The van der Waals surface area contributed by atoms with E-state index in [2.05, 4.69) is 5.32 Å². The van der Waals surface area contributed by atoms with Gasteiger partial charge in [0.05, 0.1) is 7.11 Å². The number of hydrogen-bond donors (Lipinski definition) is 1. The number of hydrogen-bond acceptors (Lipinski definition) is 5. The molecule has 146 valence electrons. The lowest BCUT2D eigenvalue weighted by Crippen LogP contribution is -2.47. The van der Waals surface area contributed by atoms with Crippen LogP contribution in [0.5, 0.6) is 0 Å². The Morgan fingerprint density at radius 3 is 2.36 bits per heavy atom. The molecule has 0 saturated carbocycles. The summed E-state index contributed by atoms with van der Waals surface area (Å²) in [5, 5.41) is 2.72. The lowest BCUT2D eigenvalue weighted by Gasteiger charge is -2.19. The number of ether oxygens (including phenoxy) is 2. The number of carbonyl (C=O) groups is 3. The van der Waals surface area contributed by atoms with Gasteiger partial charge in [0, 0.05) is 24.2 Å². The summed E-state index contributed by atoms with van der Waals surface area (Å²) < 4.78 is 10.2. The van der Waals surface area contributed by atoms with E-state index in [1.165, 1.54) is 7.11 Å². The molecule has 6 heteroatoms. The van der Waals surface area contributed by atoms with Gasteiger partial charge in [-0.3, -0.25) is 9.59 Å². The van der Waals surface area contributed by atoms with Crippen LogP contribution in [0.3, 0.4) is 0 Å². The summed E-state index contributed by atoms with van der Waals surface area (Å²) in [4.78, 5) is 36.9. The maximum Gasteiger partial charge on any atom is 0.328 e. The van der Waals surface area contributed by atoms with Crippen LogP contribution in [0.2, 0.25) is 0 Å². The lowest BCUT2D eigenvalue weighted by molar-refractivity contribution is -0.146. The molecule has 2 atom stereocenters. The molecule has 6 nitrogen and oxygen atoms in total. The molecule has 1 saturated heterocycles. The number of carbonyl (C=O) groups excluding carboxylic acids is 3. The Morgan fingerprint density at radius 1 is 1.07 bits per heavy atom. The molecule has 2 aromatic carbocycles. The van der Waals surface area contributed by atoms with E-state index in [1.807, 2.05) is 18.2 Å². The normalized spacial score (nSPS) is 17.0.